The average Bonchev–Trinajstić information content (AvgIpc) is 2.53. The van der Waals surface area contributed by atoms with E-state index in [0.717, 1.165) is 17.6 Å². The number of hydrogen-bond acceptors (Lipinski definition) is 3. The van der Waals surface area contributed by atoms with Gasteiger partial charge in [-0.15, -0.1) is 0 Å². The lowest BCUT2D eigenvalue weighted by molar-refractivity contribution is 0.318. The molecule has 1 aromatic carbocycles. The van der Waals surface area contributed by atoms with Gasteiger partial charge in [0.15, 0.2) is 0 Å². The van der Waals surface area contributed by atoms with E-state index < -0.39 is 0 Å². The van der Waals surface area contributed by atoms with Crippen LogP contribution in [0.1, 0.15) is 18.4 Å². The normalized spacial score (nSPS) is 13.7. The molecule has 3 nitrogen and oxygen atoms in total. The third-order valence-electron chi connectivity index (χ3n) is 2.62. The number of ether oxygens (including phenoxy) is 1. The molecule has 84 valence electrons. The van der Waals surface area contributed by atoms with E-state index in [-0.39, 0.29) is 5.57 Å². The van der Waals surface area contributed by atoms with Gasteiger partial charge in [-0.25, -0.2) is 0 Å². The summed E-state index contributed by atoms with van der Waals surface area (Å²) in [5, 5.41) is 18.5. The second-order valence-corrected chi connectivity index (χ2v) is 4.11. The maximum atomic E-state index is 8.95. The lowest BCUT2D eigenvalue weighted by Gasteiger charge is -2.08. The molecule has 0 fully saturated rings. The highest BCUT2D eigenvalue weighted by atomic mass is 35.5. The summed E-state index contributed by atoms with van der Waals surface area (Å²) in [5.74, 6) is 0.646. The molecule has 1 aliphatic heterocycles. The van der Waals surface area contributed by atoms with E-state index in [0.29, 0.717) is 23.8 Å². The summed E-state index contributed by atoms with van der Waals surface area (Å²) in [7, 11) is 0. The molecule has 0 aromatic heterocycles. The van der Waals surface area contributed by atoms with Gasteiger partial charge < -0.3 is 4.74 Å². The molecule has 1 aromatic rings. The number of fused-ring (bicyclic) bond motifs is 1. The molecule has 2 rings (SSSR count). The molecule has 0 saturated carbocycles. The van der Waals surface area contributed by atoms with Crippen molar-refractivity contribution in [2.45, 2.75) is 12.8 Å². The van der Waals surface area contributed by atoms with Crippen LogP contribution in [0.5, 0.6) is 5.75 Å². The van der Waals surface area contributed by atoms with Crippen molar-refractivity contribution in [3.05, 3.63) is 34.4 Å². The molecule has 0 atom stereocenters. The van der Waals surface area contributed by atoms with Crippen molar-refractivity contribution in [1.29, 1.82) is 10.5 Å². The zero-order chi connectivity index (χ0) is 12.3. The van der Waals surface area contributed by atoms with Gasteiger partial charge in [-0.05, 0) is 36.6 Å². The van der Waals surface area contributed by atoms with Crippen molar-refractivity contribution in [3.8, 4) is 17.9 Å². The van der Waals surface area contributed by atoms with Crippen molar-refractivity contribution in [3.63, 3.8) is 0 Å². The van der Waals surface area contributed by atoms with Crippen LogP contribution in [0, 0.1) is 22.7 Å². The predicted molar refractivity (Wildman–Crippen MR) is 64.3 cm³/mol. The van der Waals surface area contributed by atoms with Gasteiger partial charge in [0, 0.05) is 10.6 Å². The van der Waals surface area contributed by atoms with Gasteiger partial charge in [0.1, 0.15) is 23.5 Å². The number of allylic oxidation sites excluding steroid dienone is 2. The van der Waals surface area contributed by atoms with Gasteiger partial charge >= 0.3 is 0 Å². The lowest BCUT2D eigenvalue weighted by atomic mass is 9.97. The molecule has 1 heterocycles. The first-order chi connectivity index (χ1) is 8.26. The second kappa shape index (κ2) is 4.91. The highest BCUT2D eigenvalue weighted by molar-refractivity contribution is 6.30. The minimum absolute atomic E-state index is 0.152. The van der Waals surface area contributed by atoms with Gasteiger partial charge in [0.2, 0.25) is 0 Å². The highest BCUT2D eigenvalue weighted by Gasteiger charge is 2.17. The molecule has 17 heavy (non-hydrogen) atoms. The quantitative estimate of drug-likeness (QED) is 0.658. The van der Waals surface area contributed by atoms with E-state index in [4.69, 9.17) is 26.9 Å². The zero-order valence-electron chi connectivity index (χ0n) is 9.03. The topological polar surface area (TPSA) is 56.8 Å². The number of nitrogens with zero attached hydrogens (tertiary/aromatic N) is 2. The van der Waals surface area contributed by atoms with Crippen LogP contribution in [0.3, 0.4) is 0 Å². The number of benzene rings is 1. The molecule has 0 unspecified atom stereocenters. The van der Waals surface area contributed by atoms with Gasteiger partial charge in [0.25, 0.3) is 0 Å². The molecular formula is C13H9ClN2O. The van der Waals surface area contributed by atoms with Crippen LogP contribution in [0.4, 0.5) is 0 Å². The highest BCUT2D eigenvalue weighted by Crippen LogP contribution is 2.35. The summed E-state index contributed by atoms with van der Waals surface area (Å²) in [5.41, 5.74) is 1.70. The molecule has 0 saturated heterocycles. The Bertz CT molecular complexity index is 548. The predicted octanol–water partition coefficient (Wildman–Crippen LogP) is 3.31. The number of halogens is 1. The maximum absolute atomic E-state index is 8.95. The third kappa shape index (κ3) is 2.25. The Hall–Kier alpha value is -1.97. The molecule has 0 aliphatic carbocycles. The van der Waals surface area contributed by atoms with Crippen molar-refractivity contribution in [2.75, 3.05) is 6.61 Å². The van der Waals surface area contributed by atoms with E-state index >= 15 is 0 Å². The Balaban J connectivity index is 2.64. The molecular weight excluding hydrogens is 236 g/mol. The number of rotatable bonds is 0. The summed E-state index contributed by atoms with van der Waals surface area (Å²) >= 11 is 5.90. The van der Waals surface area contributed by atoms with Crippen LogP contribution in [-0.4, -0.2) is 6.61 Å². The van der Waals surface area contributed by atoms with Crippen LogP contribution in [0.25, 0.3) is 5.57 Å². The fourth-order valence-electron chi connectivity index (χ4n) is 1.85. The van der Waals surface area contributed by atoms with Crippen LogP contribution < -0.4 is 4.74 Å². The summed E-state index contributed by atoms with van der Waals surface area (Å²) in [4.78, 5) is 0. The minimum atomic E-state index is 0.152. The summed E-state index contributed by atoms with van der Waals surface area (Å²) in [6.07, 6.45) is 1.46. The number of hydrogen-bond donors (Lipinski definition) is 0. The van der Waals surface area contributed by atoms with Crippen molar-refractivity contribution in [1.82, 2.24) is 0 Å². The Morgan fingerprint density at radius 2 is 2.06 bits per heavy atom. The van der Waals surface area contributed by atoms with Crippen molar-refractivity contribution < 1.29 is 4.74 Å². The lowest BCUT2D eigenvalue weighted by Crippen LogP contribution is -1.94. The van der Waals surface area contributed by atoms with Crippen LogP contribution >= 0.6 is 11.6 Å². The first-order valence-electron chi connectivity index (χ1n) is 5.22. The standard InChI is InChI=1S/C13H9ClN2O/c14-10-3-4-12-11(9(7-15)8-16)2-1-5-17-13(12)6-10/h3-4,6H,1-2,5H2. The van der Waals surface area contributed by atoms with Gasteiger partial charge in [-0.1, -0.05) is 11.6 Å². The molecule has 1 aliphatic rings. The molecule has 0 bridgehead atoms. The Kier molecular flexibility index (Phi) is 3.32. The van der Waals surface area contributed by atoms with E-state index in [1.807, 2.05) is 12.1 Å². The molecule has 4 heteroatoms. The summed E-state index contributed by atoms with van der Waals surface area (Å²) in [6.45, 7) is 0.570. The first-order valence-corrected chi connectivity index (χ1v) is 5.60. The second-order valence-electron chi connectivity index (χ2n) is 3.67. The minimum Gasteiger partial charge on any atom is -0.493 e. The van der Waals surface area contributed by atoms with Crippen LogP contribution in [0.2, 0.25) is 5.02 Å². The Morgan fingerprint density at radius 3 is 2.76 bits per heavy atom. The van der Waals surface area contributed by atoms with Gasteiger partial charge in [-0.3, -0.25) is 0 Å². The largest absolute Gasteiger partial charge is 0.493 e. The fraction of sp³-hybridized carbons (Fsp3) is 0.231. The fourth-order valence-corrected chi connectivity index (χ4v) is 2.01. The molecule has 0 spiro atoms. The van der Waals surface area contributed by atoms with E-state index in [1.54, 1.807) is 18.2 Å². The zero-order valence-corrected chi connectivity index (χ0v) is 9.79. The monoisotopic (exact) mass is 244 g/mol. The van der Waals surface area contributed by atoms with Crippen LogP contribution in [0.15, 0.2) is 23.8 Å². The van der Waals surface area contributed by atoms with Gasteiger partial charge in [-0.2, -0.15) is 10.5 Å². The van der Waals surface area contributed by atoms with E-state index in [1.165, 1.54) is 0 Å². The van der Waals surface area contributed by atoms with Crippen molar-refractivity contribution >= 4 is 17.2 Å². The smallest absolute Gasteiger partial charge is 0.133 e. The molecule has 0 N–H and O–H groups in total. The Morgan fingerprint density at radius 1 is 1.29 bits per heavy atom. The van der Waals surface area contributed by atoms with Crippen molar-refractivity contribution in [2.24, 2.45) is 0 Å². The number of nitriles is 2. The Labute approximate surface area is 104 Å². The van der Waals surface area contributed by atoms with E-state index in [9.17, 15) is 0 Å². The van der Waals surface area contributed by atoms with Gasteiger partial charge in [0.05, 0.1) is 6.61 Å². The first kappa shape index (κ1) is 11.5. The maximum Gasteiger partial charge on any atom is 0.133 e. The summed E-state index contributed by atoms with van der Waals surface area (Å²) in [6, 6.07) is 9.12. The molecule has 0 amide bonds. The SMILES string of the molecule is N#CC(C#N)=C1CCCOc2cc(Cl)ccc21. The third-order valence-corrected chi connectivity index (χ3v) is 2.86. The summed E-state index contributed by atoms with van der Waals surface area (Å²) < 4.78 is 5.56. The van der Waals surface area contributed by atoms with E-state index in [2.05, 4.69) is 0 Å². The molecule has 0 radical (unpaired) electrons. The van der Waals surface area contributed by atoms with Crippen LogP contribution in [-0.2, 0) is 0 Å². The average molecular weight is 245 g/mol.